The maximum atomic E-state index is 10.8. The van der Waals surface area contributed by atoms with Crippen LogP contribution in [0.2, 0.25) is 0 Å². The van der Waals surface area contributed by atoms with Crippen LogP contribution in [0.25, 0.3) is 0 Å². The molecular formula is C14H19NO3. The predicted molar refractivity (Wildman–Crippen MR) is 68.8 cm³/mol. The lowest BCUT2D eigenvalue weighted by molar-refractivity contribution is -0.137. The van der Waals surface area contributed by atoms with Crippen molar-refractivity contribution in [1.82, 2.24) is 0 Å². The van der Waals surface area contributed by atoms with Gasteiger partial charge in [0.1, 0.15) is 5.75 Å². The summed E-state index contributed by atoms with van der Waals surface area (Å²) in [5, 5.41) is 8.83. The van der Waals surface area contributed by atoms with E-state index in [0.29, 0.717) is 5.75 Å². The van der Waals surface area contributed by atoms with Crippen LogP contribution in [0.1, 0.15) is 42.0 Å². The average Bonchev–Trinajstić information content (AvgIpc) is 2.36. The van der Waals surface area contributed by atoms with E-state index in [1.165, 1.54) is 24.0 Å². The molecule has 0 heterocycles. The summed E-state index contributed by atoms with van der Waals surface area (Å²) in [5.41, 5.74) is 9.35. The number of benzene rings is 1. The number of carboxylic acid groups (broad SMARTS) is 1. The molecule has 4 heteroatoms. The highest BCUT2D eigenvalue weighted by Gasteiger charge is 2.19. The molecule has 1 aromatic rings. The van der Waals surface area contributed by atoms with Crippen molar-refractivity contribution in [3.63, 3.8) is 0 Å². The van der Waals surface area contributed by atoms with Crippen molar-refractivity contribution in [3.05, 3.63) is 28.8 Å². The van der Waals surface area contributed by atoms with Gasteiger partial charge < -0.3 is 15.6 Å². The van der Waals surface area contributed by atoms with E-state index < -0.39 is 12.0 Å². The first-order chi connectivity index (χ1) is 8.61. The van der Waals surface area contributed by atoms with Crippen molar-refractivity contribution in [1.29, 1.82) is 0 Å². The lowest BCUT2D eigenvalue weighted by Crippen LogP contribution is -2.17. The summed E-state index contributed by atoms with van der Waals surface area (Å²) >= 11 is 0. The first-order valence-electron chi connectivity index (χ1n) is 6.29. The number of carbonyl (C=O) groups is 1. The molecule has 1 unspecified atom stereocenters. The van der Waals surface area contributed by atoms with Crippen molar-refractivity contribution in [3.8, 4) is 5.75 Å². The number of aryl methyl sites for hydroxylation is 2. The van der Waals surface area contributed by atoms with Crippen molar-refractivity contribution < 1.29 is 14.6 Å². The molecular weight excluding hydrogens is 230 g/mol. The van der Waals surface area contributed by atoms with Gasteiger partial charge in [-0.2, -0.15) is 0 Å². The van der Waals surface area contributed by atoms with Crippen molar-refractivity contribution >= 4 is 5.97 Å². The lowest BCUT2D eigenvalue weighted by atomic mass is 9.88. The second-order valence-electron chi connectivity index (χ2n) is 4.77. The summed E-state index contributed by atoms with van der Waals surface area (Å²) in [6, 6.07) is 3.54. The number of rotatable bonds is 4. The Bertz CT molecular complexity index is 457. The second-order valence-corrected chi connectivity index (χ2v) is 4.77. The Morgan fingerprint density at radius 2 is 2.00 bits per heavy atom. The monoisotopic (exact) mass is 249 g/mol. The Labute approximate surface area is 107 Å². The van der Waals surface area contributed by atoms with Gasteiger partial charge in [0.25, 0.3) is 0 Å². The molecule has 0 spiro atoms. The molecule has 1 aromatic carbocycles. The SMILES string of the molecule is COc1cc2c(cc1C(N)CC(=O)O)CCCC2. The maximum Gasteiger partial charge on any atom is 0.305 e. The van der Waals surface area contributed by atoms with E-state index in [1.807, 2.05) is 12.1 Å². The lowest BCUT2D eigenvalue weighted by Gasteiger charge is -2.21. The van der Waals surface area contributed by atoms with Crippen LogP contribution in [-0.2, 0) is 17.6 Å². The van der Waals surface area contributed by atoms with E-state index in [1.54, 1.807) is 7.11 Å². The number of nitrogens with two attached hydrogens (primary N) is 1. The van der Waals surface area contributed by atoms with Gasteiger partial charge in [-0.3, -0.25) is 4.79 Å². The van der Waals surface area contributed by atoms with Gasteiger partial charge in [0.15, 0.2) is 0 Å². The van der Waals surface area contributed by atoms with E-state index in [-0.39, 0.29) is 6.42 Å². The number of hydrogen-bond acceptors (Lipinski definition) is 3. The second kappa shape index (κ2) is 5.40. The fraction of sp³-hybridized carbons (Fsp3) is 0.500. The molecule has 0 radical (unpaired) electrons. The fourth-order valence-corrected chi connectivity index (χ4v) is 2.55. The minimum absolute atomic E-state index is 0.0743. The first kappa shape index (κ1) is 12.9. The van der Waals surface area contributed by atoms with Crippen molar-refractivity contribution in [2.75, 3.05) is 7.11 Å². The fourth-order valence-electron chi connectivity index (χ4n) is 2.55. The quantitative estimate of drug-likeness (QED) is 0.856. The highest BCUT2D eigenvalue weighted by molar-refractivity contribution is 5.68. The van der Waals surface area contributed by atoms with Gasteiger partial charge in [-0.15, -0.1) is 0 Å². The molecule has 1 atom stereocenters. The van der Waals surface area contributed by atoms with Gasteiger partial charge in [-0.25, -0.2) is 0 Å². The summed E-state index contributed by atoms with van der Waals surface area (Å²) in [5.74, 6) is -0.174. The number of methoxy groups -OCH3 is 1. The third-order valence-electron chi connectivity index (χ3n) is 3.49. The van der Waals surface area contributed by atoms with E-state index in [4.69, 9.17) is 15.6 Å². The highest BCUT2D eigenvalue weighted by atomic mass is 16.5. The molecule has 0 fully saturated rings. The molecule has 4 nitrogen and oxygen atoms in total. The zero-order chi connectivity index (χ0) is 13.1. The van der Waals surface area contributed by atoms with Crippen LogP contribution in [0.15, 0.2) is 12.1 Å². The zero-order valence-corrected chi connectivity index (χ0v) is 10.6. The third kappa shape index (κ3) is 2.64. The summed E-state index contributed by atoms with van der Waals surface area (Å²) in [6.07, 6.45) is 4.44. The van der Waals surface area contributed by atoms with Gasteiger partial charge in [0.2, 0.25) is 0 Å². The van der Waals surface area contributed by atoms with Crippen molar-refractivity contribution in [2.24, 2.45) is 5.73 Å². The zero-order valence-electron chi connectivity index (χ0n) is 10.6. The topological polar surface area (TPSA) is 72.5 Å². The van der Waals surface area contributed by atoms with Gasteiger partial charge in [0, 0.05) is 11.6 Å². The summed E-state index contributed by atoms with van der Waals surface area (Å²) in [6.45, 7) is 0. The number of carboxylic acids is 1. The molecule has 1 aliphatic carbocycles. The molecule has 0 bridgehead atoms. The summed E-state index contributed by atoms with van der Waals surface area (Å²) in [4.78, 5) is 10.8. The molecule has 0 saturated carbocycles. The predicted octanol–water partition coefficient (Wildman–Crippen LogP) is 2.05. The number of ether oxygens (including phenoxy) is 1. The Kier molecular flexibility index (Phi) is 3.87. The Hall–Kier alpha value is -1.55. The van der Waals surface area contributed by atoms with Gasteiger partial charge in [-0.05, 0) is 42.9 Å². The molecule has 0 aliphatic heterocycles. The molecule has 0 amide bonds. The van der Waals surface area contributed by atoms with Crippen LogP contribution in [0, 0.1) is 0 Å². The largest absolute Gasteiger partial charge is 0.496 e. The third-order valence-corrected chi connectivity index (χ3v) is 3.49. The Balaban J connectivity index is 2.35. The summed E-state index contributed by atoms with van der Waals surface area (Å²) < 4.78 is 5.34. The van der Waals surface area contributed by atoms with Crippen LogP contribution in [0.3, 0.4) is 0 Å². The highest BCUT2D eigenvalue weighted by Crippen LogP contribution is 2.32. The first-order valence-corrected chi connectivity index (χ1v) is 6.29. The minimum Gasteiger partial charge on any atom is -0.496 e. The van der Waals surface area contributed by atoms with E-state index in [9.17, 15) is 4.79 Å². The molecule has 98 valence electrons. The van der Waals surface area contributed by atoms with Crippen LogP contribution >= 0.6 is 0 Å². The number of fused-ring (bicyclic) bond motifs is 1. The van der Waals surface area contributed by atoms with E-state index in [2.05, 4.69) is 0 Å². The normalized spacial score (nSPS) is 15.9. The summed E-state index contributed by atoms with van der Waals surface area (Å²) in [7, 11) is 1.60. The van der Waals surface area contributed by atoms with Crippen molar-refractivity contribution in [2.45, 2.75) is 38.1 Å². The smallest absolute Gasteiger partial charge is 0.305 e. The van der Waals surface area contributed by atoms with Gasteiger partial charge >= 0.3 is 5.97 Å². The maximum absolute atomic E-state index is 10.8. The molecule has 3 N–H and O–H groups in total. The molecule has 18 heavy (non-hydrogen) atoms. The van der Waals surface area contributed by atoms with E-state index in [0.717, 1.165) is 18.4 Å². The molecule has 0 aromatic heterocycles. The average molecular weight is 249 g/mol. The Morgan fingerprint density at radius 1 is 1.39 bits per heavy atom. The van der Waals surface area contributed by atoms with Gasteiger partial charge in [0.05, 0.1) is 13.5 Å². The van der Waals surface area contributed by atoms with Crippen LogP contribution in [-0.4, -0.2) is 18.2 Å². The number of hydrogen-bond donors (Lipinski definition) is 2. The molecule has 2 rings (SSSR count). The van der Waals surface area contributed by atoms with Crippen LogP contribution < -0.4 is 10.5 Å². The van der Waals surface area contributed by atoms with E-state index >= 15 is 0 Å². The van der Waals surface area contributed by atoms with Gasteiger partial charge in [-0.1, -0.05) is 6.07 Å². The number of aliphatic carboxylic acids is 1. The standard InChI is InChI=1S/C14H19NO3/c1-18-13-7-10-5-3-2-4-9(10)6-11(13)12(15)8-14(16)17/h6-7,12H,2-5,8,15H2,1H3,(H,16,17). The minimum atomic E-state index is -0.887. The molecule has 1 aliphatic rings. The van der Waals surface area contributed by atoms with Crippen LogP contribution in [0.5, 0.6) is 5.75 Å². The van der Waals surface area contributed by atoms with Crippen LogP contribution in [0.4, 0.5) is 0 Å². The molecule has 0 saturated heterocycles. The Morgan fingerprint density at radius 3 is 2.56 bits per heavy atom.